The highest BCUT2D eigenvalue weighted by Gasteiger charge is 2.98. The Labute approximate surface area is 292 Å². The van der Waals surface area contributed by atoms with E-state index in [0.29, 0.717) is 0 Å². The number of carbonyl (C=O) groups is 2. The first kappa shape index (κ1) is 57.5. The van der Waals surface area contributed by atoms with Gasteiger partial charge in [-0.2, -0.15) is 158 Å². The van der Waals surface area contributed by atoms with Crippen LogP contribution in [0, 0.1) is 0 Å². The third kappa shape index (κ3) is 7.27. The molecule has 4 nitrogen and oxygen atoms in total. The summed E-state index contributed by atoms with van der Waals surface area (Å²) in [7, 11) is 0. The highest BCUT2D eigenvalue weighted by Crippen LogP contribution is 2.66. The minimum Gasteiger partial charge on any atom is -0.477 e. The first-order chi connectivity index (χ1) is 24.6. The van der Waals surface area contributed by atoms with E-state index in [0.717, 1.165) is 0 Å². The van der Waals surface area contributed by atoms with Crippen LogP contribution >= 0.6 is 0 Å². The van der Waals surface area contributed by atoms with Crippen LogP contribution in [-0.4, -0.2) is 123 Å². The Morgan fingerprint density at radius 3 is 0.407 bits per heavy atom. The maximum Gasteiger partial charge on any atom is 0.460 e. The van der Waals surface area contributed by atoms with Gasteiger partial charge in [-0.05, 0) is 0 Å². The molecule has 354 valence electrons. The Hall–Kier alpha value is -3.58. The molecule has 0 aliphatic heterocycles. The minimum atomic E-state index is -9.06. The largest absolute Gasteiger partial charge is 0.477 e. The van der Waals surface area contributed by atoms with Gasteiger partial charge in [-0.25, -0.2) is 9.59 Å². The number of alkyl halides is 36. The topological polar surface area (TPSA) is 74.6 Å². The Morgan fingerprint density at radius 1 is 0.203 bits per heavy atom. The van der Waals surface area contributed by atoms with E-state index in [4.69, 9.17) is 10.2 Å². The molecule has 0 amide bonds. The van der Waals surface area contributed by atoms with Crippen molar-refractivity contribution in [2.45, 2.75) is 101 Å². The summed E-state index contributed by atoms with van der Waals surface area (Å²) in [5.74, 6) is -136. The van der Waals surface area contributed by atoms with Gasteiger partial charge in [0.2, 0.25) is 0 Å². The summed E-state index contributed by atoms with van der Waals surface area (Å²) in [6.45, 7) is 0. The van der Waals surface area contributed by atoms with Crippen LogP contribution in [0.5, 0.6) is 0 Å². The lowest BCUT2D eigenvalue weighted by Crippen LogP contribution is -2.76. The standard InChI is InChI=1S/C10HF19O2.C9HF17O2/c11-2(12,1(30)31)3(13,14)4(15,16)5(17,18)6(19,20)7(21,22)8(23,24)9(25,26)10(27,28)29;10-2(11,1(27)28)3(12,13)4(14,15)5(16,17)6(18,19)7(20,21)8(22,23)9(24,25)26/h(H,30,31);(H,27,28). The maximum absolute atomic E-state index is 13.1. The van der Waals surface area contributed by atoms with Crippen molar-refractivity contribution in [3.63, 3.8) is 0 Å². The monoisotopic (exact) mass is 978 g/mol. The predicted molar refractivity (Wildman–Crippen MR) is 102 cm³/mol. The van der Waals surface area contributed by atoms with Crippen molar-refractivity contribution in [1.82, 2.24) is 0 Å². The second-order valence-corrected chi connectivity index (χ2v) is 10.2. The summed E-state index contributed by atoms with van der Waals surface area (Å²) >= 11 is 0. The molecule has 0 aromatic carbocycles. The van der Waals surface area contributed by atoms with Gasteiger partial charge < -0.3 is 10.2 Å². The lowest BCUT2D eigenvalue weighted by atomic mass is 9.87. The van der Waals surface area contributed by atoms with Gasteiger partial charge in [0, 0.05) is 0 Å². The number of carboxylic acids is 2. The summed E-state index contributed by atoms with van der Waals surface area (Å²) in [4.78, 5) is 19.6. The summed E-state index contributed by atoms with van der Waals surface area (Å²) in [6, 6.07) is 0. The number of hydrogen-bond donors (Lipinski definition) is 2. The number of carboxylic acid groups (broad SMARTS) is 2. The van der Waals surface area contributed by atoms with Gasteiger partial charge in [0.15, 0.2) is 0 Å². The first-order valence-corrected chi connectivity index (χ1v) is 11.9. The molecule has 0 aliphatic carbocycles. The van der Waals surface area contributed by atoms with Crippen molar-refractivity contribution < 1.29 is 178 Å². The summed E-state index contributed by atoms with van der Waals surface area (Å²) in [5.41, 5.74) is 0. The lowest BCUT2D eigenvalue weighted by molar-refractivity contribution is -0.467. The first-order valence-electron chi connectivity index (χ1n) is 11.9. The molecule has 0 saturated heterocycles. The van der Waals surface area contributed by atoms with Crippen molar-refractivity contribution in [2.75, 3.05) is 0 Å². The molecule has 59 heavy (non-hydrogen) atoms. The Kier molecular flexibility index (Phi) is 13.9. The van der Waals surface area contributed by atoms with E-state index in [9.17, 15) is 168 Å². The molecule has 0 aliphatic rings. The molecule has 0 saturated carbocycles. The third-order valence-electron chi connectivity index (χ3n) is 6.38. The van der Waals surface area contributed by atoms with Gasteiger partial charge in [0.25, 0.3) is 0 Å². The van der Waals surface area contributed by atoms with Crippen LogP contribution in [0.1, 0.15) is 0 Å². The molecule has 0 radical (unpaired) electrons. The normalized spacial score (nSPS) is 16.4. The number of rotatable bonds is 15. The molecule has 0 rings (SSSR count). The average molecular weight is 978 g/mol. The molecule has 0 atom stereocenters. The highest BCUT2D eigenvalue weighted by molar-refractivity contribution is 5.77. The fraction of sp³-hybridized carbons (Fsp3) is 0.895. The number of hydrogen-bond acceptors (Lipinski definition) is 2. The molecule has 0 unspecified atom stereocenters. The van der Waals surface area contributed by atoms with E-state index in [1.54, 1.807) is 0 Å². The summed E-state index contributed by atoms with van der Waals surface area (Å²) < 4.78 is 456. The fourth-order valence-corrected chi connectivity index (χ4v) is 2.79. The number of aliphatic carboxylic acids is 2. The van der Waals surface area contributed by atoms with Crippen LogP contribution < -0.4 is 0 Å². The average Bonchev–Trinajstić information content (AvgIpc) is 2.98. The second kappa shape index (κ2) is 14.2. The van der Waals surface area contributed by atoms with Gasteiger partial charge in [-0.3, -0.25) is 0 Å². The van der Waals surface area contributed by atoms with E-state index in [1.165, 1.54) is 0 Å². The van der Waals surface area contributed by atoms with Gasteiger partial charge in [0.05, 0.1) is 0 Å². The quantitative estimate of drug-likeness (QED) is 0.160. The lowest BCUT2D eigenvalue weighted by Gasteiger charge is -2.43. The zero-order valence-corrected chi connectivity index (χ0v) is 24.8. The minimum absolute atomic E-state index is 4.39. The van der Waals surface area contributed by atoms with Crippen LogP contribution in [0.2, 0.25) is 0 Å². The van der Waals surface area contributed by atoms with Gasteiger partial charge in [0.1, 0.15) is 0 Å². The molecule has 0 aromatic rings. The fourth-order valence-electron chi connectivity index (χ4n) is 2.79. The molecule has 0 aromatic heterocycles. The zero-order chi connectivity index (χ0) is 49.7. The van der Waals surface area contributed by atoms with E-state index in [2.05, 4.69) is 0 Å². The van der Waals surface area contributed by atoms with Gasteiger partial charge >= 0.3 is 113 Å². The van der Waals surface area contributed by atoms with E-state index >= 15 is 0 Å². The van der Waals surface area contributed by atoms with Crippen LogP contribution in [0.3, 0.4) is 0 Å². The van der Waals surface area contributed by atoms with Crippen LogP contribution in [0.4, 0.5) is 158 Å². The Balaban J connectivity index is 0. The zero-order valence-electron chi connectivity index (χ0n) is 24.8. The molecule has 0 bridgehead atoms. The second-order valence-electron chi connectivity index (χ2n) is 10.2. The van der Waals surface area contributed by atoms with Crippen molar-refractivity contribution >= 4 is 11.9 Å². The van der Waals surface area contributed by atoms with Crippen molar-refractivity contribution in [1.29, 1.82) is 0 Å². The van der Waals surface area contributed by atoms with Gasteiger partial charge in [-0.15, -0.1) is 0 Å². The van der Waals surface area contributed by atoms with Gasteiger partial charge in [-0.1, -0.05) is 0 Å². The van der Waals surface area contributed by atoms with Crippen molar-refractivity contribution in [3.05, 3.63) is 0 Å². The summed E-state index contributed by atoms with van der Waals surface area (Å²) in [6.07, 6.45) is -15.8. The smallest absolute Gasteiger partial charge is 0.460 e. The van der Waals surface area contributed by atoms with E-state index in [1.807, 2.05) is 0 Å². The third-order valence-corrected chi connectivity index (χ3v) is 6.38. The summed E-state index contributed by atoms with van der Waals surface area (Å²) in [5, 5.41) is 15.2. The maximum atomic E-state index is 13.1. The molecule has 2 N–H and O–H groups in total. The molecule has 0 spiro atoms. The van der Waals surface area contributed by atoms with E-state index < -0.39 is 113 Å². The Bertz CT molecular complexity index is 1540. The molecule has 0 fully saturated rings. The Morgan fingerprint density at radius 2 is 0.305 bits per heavy atom. The molecule has 0 heterocycles. The number of halogens is 36. The SMILES string of the molecule is O=C(O)C(F)(F)C(F)(F)C(F)(F)C(F)(F)C(F)(F)C(F)(F)C(F)(F)C(F)(F)C(F)(F)F.O=C(O)C(F)(F)C(F)(F)C(F)(F)C(F)(F)C(F)(F)C(F)(F)C(F)(F)C(F)(F)F. The van der Waals surface area contributed by atoms with Crippen molar-refractivity contribution in [2.24, 2.45) is 0 Å². The van der Waals surface area contributed by atoms with Crippen molar-refractivity contribution in [3.8, 4) is 0 Å². The van der Waals surface area contributed by atoms with E-state index in [-0.39, 0.29) is 0 Å². The predicted octanol–water partition coefficient (Wildman–Crippen LogP) is 10.8. The highest BCUT2D eigenvalue weighted by atomic mass is 19.4. The van der Waals surface area contributed by atoms with Crippen LogP contribution in [-0.2, 0) is 9.59 Å². The molecular formula is C19H2F36O4. The molecular weight excluding hydrogens is 976 g/mol. The molecule has 40 heteroatoms. The van der Waals surface area contributed by atoms with Crippen LogP contribution in [0.15, 0.2) is 0 Å². The van der Waals surface area contributed by atoms with Crippen LogP contribution in [0.25, 0.3) is 0 Å².